The van der Waals surface area contributed by atoms with Crippen molar-refractivity contribution in [1.82, 2.24) is 5.32 Å². The summed E-state index contributed by atoms with van der Waals surface area (Å²) in [5.74, 6) is 3.15. The fourth-order valence-corrected chi connectivity index (χ4v) is 2.75. The molecule has 1 heterocycles. The lowest BCUT2D eigenvalue weighted by Crippen LogP contribution is -2.31. The van der Waals surface area contributed by atoms with Gasteiger partial charge < -0.3 is 10.1 Å². The summed E-state index contributed by atoms with van der Waals surface area (Å²) in [6.07, 6.45) is 2.56. The lowest BCUT2D eigenvalue weighted by atomic mass is 10.0. The van der Waals surface area contributed by atoms with Crippen LogP contribution in [0, 0.1) is 5.92 Å². The van der Waals surface area contributed by atoms with Crippen LogP contribution in [0.4, 0.5) is 0 Å². The number of hydrogen-bond acceptors (Lipinski definition) is 4. The summed E-state index contributed by atoms with van der Waals surface area (Å²) < 4.78 is 4.83. The van der Waals surface area contributed by atoms with E-state index in [2.05, 4.69) is 5.32 Å². The van der Waals surface area contributed by atoms with E-state index in [0.29, 0.717) is 13.2 Å². The fraction of sp³-hybridized carbons (Fsp3) is 0.900. The average molecular weight is 217 g/mol. The van der Waals surface area contributed by atoms with E-state index in [0.717, 1.165) is 12.5 Å². The van der Waals surface area contributed by atoms with Gasteiger partial charge in [0.1, 0.15) is 0 Å². The molecule has 0 bridgehead atoms. The molecular formula is C10H19NO2S. The van der Waals surface area contributed by atoms with Gasteiger partial charge in [0.2, 0.25) is 0 Å². The third-order valence-corrected chi connectivity index (χ3v) is 3.40. The summed E-state index contributed by atoms with van der Waals surface area (Å²) in [7, 11) is 0. The highest BCUT2D eigenvalue weighted by molar-refractivity contribution is 7.99. The Morgan fingerprint density at radius 3 is 2.86 bits per heavy atom. The minimum Gasteiger partial charge on any atom is -0.465 e. The Labute approximate surface area is 90.0 Å². The molecule has 4 heteroatoms. The average Bonchev–Trinajstić information content (AvgIpc) is 2.20. The van der Waals surface area contributed by atoms with Gasteiger partial charge in [-0.05, 0) is 43.7 Å². The fourth-order valence-electron chi connectivity index (χ4n) is 1.54. The Kier molecular flexibility index (Phi) is 6.03. The smallest absolute Gasteiger partial charge is 0.319 e. The quantitative estimate of drug-likeness (QED) is 0.704. The van der Waals surface area contributed by atoms with Crippen LogP contribution < -0.4 is 5.32 Å². The normalized spacial score (nSPS) is 18.1. The lowest BCUT2D eigenvalue weighted by molar-refractivity contribution is -0.142. The topological polar surface area (TPSA) is 38.3 Å². The van der Waals surface area contributed by atoms with Crippen molar-refractivity contribution in [2.75, 3.05) is 31.2 Å². The molecule has 3 nitrogen and oxygen atoms in total. The molecule has 0 aromatic heterocycles. The molecule has 0 unspecified atom stereocenters. The Bertz CT molecular complexity index is 170. The molecule has 1 aliphatic heterocycles. The molecule has 0 aromatic carbocycles. The standard InChI is InChI=1S/C10H19NO2S/c1-2-13-10(12)8-11-7-9-3-5-14-6-4-9/h9,11H,2-8H2,1H3. The third kappa shape index (κ3) is 4.86. The van der Waals surface area contributed by atoms with Crippen molar-refractivity contribution in [2.24, 2.45) is 5.92 Å². The number of carbonyl (C=O) groups is 1. The van der Waals surface area contributed by atoms with Crippen molar-refractivity contribution >= 4 is 17.7 Å². The molecule has 0 atom stereocenters. The molecule has 0 saturated carbocycles. The molecule has 0 aromatic rings. The van der Waals surface area contributed by atoms with E-state index < -0.39 is 0 Å². The number of thioether (sulfide) groups is 1. The molecule has 1 saturated heterocycles. The Balaban J connectivity index is 1.99. The van der Waals surface area contributed by atoms with Gasteiger partial charge in [-0.25, -0.2) is 0 Å². The van der Waals surface area contributed by atoms with Gasteiger partial charge in [-0.3, -0.25) is 4.79 Å². The summed E-state index contributed by atoms with van der Waals surface area (Å²) in [5, 5.41) is 3.16. The zero-order valence-corrected chi connectivity index (χ0v) is 9.57. The van der Waals surface area contributed by atoms with E-state index in [1.807, 2.05) is 18.7 Å². The van der Waals surface area contributed by atoms with E-state index in [4.69, 9.17) is 4.74 Å². The maximum atomic E-state index is 11.0. The maximum absolute atomic E-state index is 11.0. The highest BCUT2D eigenvalue weighted by Gasteiger charge is 2.13. The minimum atomic E-state index is -0.141. The summed E-state index contributed by atoms with van der Waals surface area (Å²) in [6.45, 7) is 3.62. The van der Waals surface area contributed by atoms with Crippen LogP contribution in [-0.4, -0.2) is 37.2 Å². The van der Waals surface area contributed by atoms with Crippen LogP contribution in [0.25, 0.3) is 0 Å². The van der Waals surface area contributed by atoms with Gasteiger partial charge in [0, 0.05) is 0 Å². The van der Waals surface area contributed by atoms with E-state index in [1.54, 1.807) is 0 Å². The molecular weight excluding hydrogens is 198 g/mol. The number of rotatable bonds is 5. The van der Waals surface area contributed by atoms with Crippen molar-refractivity contribution in [3.8, 4) is 0 Å². The second kappa shape index (κ2) is 7.12. The lowest BCUT2D eigenvalue weighted by Gasteiger charge is -2.21. The number of hydrogen-bond donors (Lipinski definition) is 1. The van der Waals surface area contributed by atoms with E-state index in [1.165, 1.54) is 24.3 Å². The molecule has 1 aliphatic rings. The van der Waals surface area contributed by atoms with Gasteiger partial charge in [0.25, 0.3) is 0 Å². The Morgan fingerprint density at radius 1 is 1.50 bits per heavy atom. The van der Waals surface area contributed by atoms with Crippen molar-refractivity contribution in [3.63, 3.8) is 0 Å². The number of carbonyl (C=O) groups excluding carboxylic acids is 1. The molecule has 0 aliphatic carbocycles. The van der Waals surface area contributed by atoms with E-state index >= 15 is 0 Å². The van der Waals surface area contributed by atoms with Gasteiger partial charge >= 0.3 is 5.97 Å². The highest BCUT2D eigenvalue weighted by atomic mass is 32.2. The predicted octanol–water partition coefficient (Wildman–Crippen LogP) is 1.28. The van der Waals surface area contributed by atoms with Gasteiger partial charge in [-0.15, -0.1) is 0 Å². The summed E-state index contributed by atoms with van der Waals surface area (Å²) in [5.41, 5.74) is 0. The van der Waals surface area contributed by atoms with Crippen molar-refractivity contribution in [1.29, 1.82) is 0 Å². The first-order chi connectivity index (χ1) is 6.83. The third-order valence-electron chi connectivity index (χ3n) is 2.35. The zero-order valence-electron chi connectivity index (χ0n) is 8.75. The zero-order chi connectivity index (χ0) is 10.2. The molecule has 0 amide bonds. The molecule has 1 fully saturated rings. The molecule has 0 spiro atoms. The molecule has 82 valence electrons. The second-order valence-corrected chi connectivity index (χ2v) is 4.72. The van der Waals surface area contributed by atoms with Crippen molar-refractivity contribution < 1.29 is 9.53 Å². The largest absolute Gasteiger partial charge is 0.465 e. The van der Waals surface area contributed by atoms with Crippen LogP contribution in [0.1, 0.15) is 19.8 Å². The second-order valence-electron chi connectivity index (χ2n) is 3.49. The van der Waals surface area contributed by atoms with Crippen LogP contribution >= 0.6 is 11.8 Å². The first kappa shape index (κ1) is 11.9. The van der Waals surface area contributed by atoms with Crippen LogP contribution in [0.15, 0.2) is 0 Å². The molecule has 1 rings (SSSR count). The van der Waals surface area contributed by atoms with Crippen molar-refractivity contribution in [3.05, 3.63) is 0 Å². The summed E-state index contributed by atoms with van der Waals surface area (Å²) in [6, 6.07) is 0. The molecule has 0 radical (unpaired) electrons. The highest BCUT2D eigenvalue weighted by Crippen LogP contribution is 2.21. The first-order valence-electron chi connectivity index (χ1n) is 5.27. The Morgan fingerprint density at radius 2 is 2.21 bits per heavy atom. The van der Waals surface area contributed by atoms with Gasteiger partial charge in [-0.1, -0.05) is 0 Å². The van der Waals surface area contributed by atoms with E-state index in [-0.39, 0.29) is 5.97 Å². The number of ether oxygens (including phenoxy) is 1. The van der Waals surface area contributed by atoms with Crippen LogP contribution in [-0.2, 0) is 9.53 Å². The first-order valence-corrected chi connectivity index (χ1v) is 6.42. The SMILES string of the molecule is CCOC(=O)CNCC1CCSCC1. The monoisotopic (exact) mass is 217 g/mol. The number of esters is 1. The van der Waals surface area contributed by atoms with E-state index in [9.17, 15) is 4.79 Å². The van der Waals surface area contributed by atoms with Crippen LogP contribution in [0.2, 0.25) is 0 Å². The Hall–Kier alpha value is -0.220. The van der Waals surface area contributed by atoms with Gasteiger partial charge in [0.15, 0.2) is 0 Å². The summed E-state index contributed by atoms with van der Waals surface area (Å²) in [4.78, 5) is 11.0. The predicted molar refractivity (Wildman–Crippen MR) is 59.6 cm³/mol. The summed E-state index contributed by atoms with van der Waals surface area (Å²) >= 11 is 2.03. The van der Waals surface area contributed by atoms with Crippen LogP contribution in [0.5, 0.6) is 0 Å². The maximum Gasteiger partial charge on any atom is 0.319 e. The van der Waals surface area contributed by atoms with Crippen LogP contribution in [0.3, 0.4) is 0 Å². The molecule has 1 N–H and O–H groups in total. The molecule has 14 heavy (non-hydrogen) atoms. The van der Waals surface area contributed by atoms with Crippen molar-refractivity contribution in [2.45, 2.75) is 19.8 Å². The van der Waals surface area contributed by atoms with Gasteiger partial charge in [-0.2, -0.15) is 11.8 Å². The van der Waals surface area contributed by atoms with Gasteiger partial charge in [0.05, 0.1) is 13.2 Å². The number of nitrogens with one attached hydrogen (secondary N) is 1. The minimum absolute atomic E-state index is 0.141.